The van der Waals surface area contributed by atoms with Gasteiger partial charge in [0.2, 0.25) is 0 Å². The summed E-state index contributed by atoms with van der Waals surface area (Å²) in [6, 6.07) is 6.29. The van der Waals surface area contributed by atoms with Crippen molar-refractivity contribution in [3.05, 3.63) is 29.3 Å². The van der Waals surface area contributed by atoms with Crippen LogP contribution < -0.4 is 5.32 Å². The molecule has 1 atom stereocenters. The van der Waals surface area contributed by atoms with Crippen LogP contribution in [-0.4, -0.2) is 24.6 Å². The molecule has 0 aliphatic carbocycles. The first-order valence-corrected chi connectivity index (χ1v) is 7.81. The molecule has 1 aromatic carbocycles. The van der Waals surface area contributed by atoms with E-state index in [0.717, 1.165) is 31.5 Å². The zero-order chi connectivity index (χ0) is 12.4. The molecule has 0 bridgehead atoms. The first-order chi connectivity index (χ1) is 8.83. The smallest absolute Gasteiger partial charge is 0.163 e. The van der Waals surface area contributed by atoms with E-state index in [9.17, 15) is 4.79 Å². The highest BCUT2D eigenvalue weighted by Crippen LogP contribution is 2.31. The maximum atomic E-state index is 12.3. The Balaban J connectivity index is 1.73. The van der Waals surface area contributed by atoms with Crippen molar-refractivity contribution >= 4 is 17.5 Å². The molecule has 18 heavy (non-hydrogen) atoms. The molecule has 0 radical (unpaired) electrons. The minimum absolute atomic E-state index is 0.321. The van der Waals surface area contributed by atoms with E-state index in [2.05, 4.69) is 17.4 Å². The summed E-state index contributed by atoms with van der Waals surface area (Å²) in [5.41, 5.74) is 2.30. The second-order valence-corrected chi connectivity index (χ2v) is 6.40. The Bertz CT molecular complexity index is 452. The van der Waals surface area contributed by atoms with Crippen molar-refractivity contribution in [2.45, 2.75) is 30.6 Å². The van der Waals surface area contributed by atoms with Crippen molar-refractivity contribution in [3.63, 3.8) is 0 Å². The third-order valence-electron chi connectivity index (χ3n) is 3.87. The van der Waals surface area contributed by atoms with Crippen molar-refractivity contribution in [1.29, 1.82) is 0 Å². The first kappa shape index (κ1) is 12.2. The quantitative estimate of drug-likeness (QED) is 0.848. The van der Waals surface area contributed by atoms with E-state index in [1.54, 1.807) is 0 Å². The third-order valence-corrected chi connectivity index (χ3v) is 5.07. The molecular weight excluding hydrogens is 242 g/mol. The number of ketones is 1. The van der Waals surface area contributed by atoms with Gasteiger partial charge in [-0.3, -0.25) is 4.79 Å². The minimum Gasteiger partial charge on any atom is -0.316 e. The molecule has 0 spiro atoms. The highest BCUT2D eigenvalue weighted by Gasteiger charge is 2.20. The molecule has 0 amide bonds. The average Bonchev–Trinajstić information content (AvgIpc) is 2.91. The van der Waals surface area contributed by atoms with Crippen LogP contribution in [0.5, 0.6) is 0 Å². The maximum absolute atomic E-state index is 12.3. The number of carbonyl (C=O) groups is 1. The summed E-state index contributed by atoms with van der Waals surface area (Å²) in [5.74, 6) is 2.08. The van der Waals surface area contributed by atoms with Gasteiger partial charge in [-0.15, -0.1) is 11.8 Å². The highest BCUT2D eigenvalue weighted by atomic mass is 32.2. The number of aryl methyl sites for hydroxylation is 1. The lowest BCUT2D eigenvalue weighted by Crippen LogP contribution is -2.13. The molecule has 0 aromatic heterocycles. The molecule has 1 aromatic rings. The molecule has 3 rings (SSSR count). The van der Waals surface area contributed by atoms with Crippen LogP contribution in [0.4, 0.5) is 0 Å². The number of carbonyl (C=O) groups excluding carboxylic acids is 1. The molecule has 2 aliphatic rings. The summed E-state index contributed by atoms with van der Waals surface area (Å²) in [7, 11) is 0. The van der Waals surface area contributed by atoms with Crippen LogP contribution >= 0.6 is 11.8 Å². The van der Waals surface area contributed by atoms with Crippen molar-refractivity contribution < 1.29 is 4.79 Å². The van der Waals surface area contributed by atoms with E-state index in [4.69, 9.17) is 0 Å². The van der Waals surface area contributed by atoms with E-state index in [-0.39, 0.29) is 0 Å². The molecule has 2 heterocycles. The lowest BCUT2D eigenvalue weighted by atomic mass is 9.96. The molecule has 2 aliphatic heterocycles. The van der Waals surface area contributed by atoms with E-state index in [1.807, 2.05) is 17.8 Å². The fourth-order valence-corrected chi connectivity index (χ4v) is 3.82. The van der Waals surface area contributed by atoms with Gasteiger partial charge in [-0.2, -0.15) is 0 Å². The van der Waals surface area contributed by atoms with Crippen molar-refractivity contribution in [2.75, 3.05) is 18.8 Å². The lowest BCUT2D eigenvalue weighted by Gasteiger charge is -2.16. The van der Waals surface area contributed by atoms with E-state index >= 15 is 0 Å². The summed E-state index contributed by atoms with van der Waals surface area (Å²) >= 11 is 1.92. The van der Waals surface area contributed by atoms with Gasteiger partial charge >= 0.3 is 0 Å². The summed E-state index contributed by atoms with van der Waals surface area (Å²) < 4.78 is 0. The number of hydrogen-bond acceptors (Lipinski definition) is 3. The number of fused-ring (bicyclic) bond motifs is 1. The molecule has 1 saturated heterocycles. The van der Waals surface area contributed by atoms with Crippen LogP contribution in [0, 0.1) is 5.92 Å². The molecule has 1 unspecified atom stereocenters. The van der Waals surface area contributed by atoms with Gasteiger partial charge in [-0.05, 0) is 61.7 Å². The molecule has 0 saturated carbocycles. The number of Topliss-reactive ketones (excluding diaryl/α,β-unsaturated/α-hetero) is 1. The minimum atomic E-state index is 0.321. The Morgan fingerprint density at radius 2 is 2.39 bits per heavy atom. The normalized spacial score (nSPS) is 22.8. The van der Waals surface area contributed by atoms with Crippen LogP contribution in [0.15, 0.2) is 23.1 Å². The summed E-state index contributed by atoms with van der Waals surface area (Å²) in [4.78, 5) is 13.6. The predicted molar refractivity (Wildman–Crippen MR) is 75.4 cm³/mol. The maximum Gasteiger partial charge on any atom is 0.163 e. The highest BCUT2D eigenvalue weighted by molar-refractivity contribution is 7.99. The zero-order valence-electron chi connectivity index (χ0n) is 10.6. The fourth-order valence-electron chi connectivity index (χ4n) is 2.80. The summed E-state index contributed by atoms with van der Waals surface area (Å²) in [5, 5.41) is 3.32. The van der Waals surface area contributed by atoms with Crippen LogP contribution in [0.25, 0.3) is 0 Å². The summed E-state index contributed by atoms with van der Waals surface area (Å²) in [6.45, 7) is 2.07. The molecule has 3 heteroatoms. The summed E-state index contributed by atoms with van der Waals surface area (Å²) in [6.07, 6.45) is 4.22. The van der Waals surface area contributed by atoms with Gasteiger partial charge in [-0.25, -0.2) is 0 Å². The number of rotatable bonds is 3. The average molecular weight is 261 g/mol. The Labute approximate surface area is 113 Å². The van der Waals surface area contributed by atoms with Crippen LogP contribution in [0.3, 0.4) is 0 Å². The second kappa shape index (κ2) is 5.45. The van der Waals surface area contributed by atoms with Crippen molar-refractivity contribution in [3.8, 4) is 0 Å². The zero-order valence-corrected chi connectivity index (χ0v) is 11.4. The van der Waals surface area contributed by atoms with Gasteiger partial charge in [0.05, 0.1) is 0 Å². The Kier molecular flexibility index (Phi) is 3.71. The molecule has 96 valence electrons. The Morgan fingerprint density at radius 1 is 1.44 bits per heavy atom. The topological polar surface area (TPSA) is 29.1 Å². The van der Waals surface area contributed by atoms with Crippen LogP contribution in [0.2, 0.25) is 0 Å². The van der Waals surface area contributed by atoms with E-state index in [0.29, 0.717) is 18.1 Å². The van der Waals surface area contributed by atoms with Gasteiger partial charge in [0.1, 0.15) is 0 Å². The molecule has 1 N–H and O–H groups in total. The number of thioether (sulfide) groups is 1. The van der Waals surface area contributed by atoms with Gasteiger partial charge in [0.15, 0.2) is 5.78 Å². The van der Waals surface area contributed by atoms with E-state index < -0.39 is 0 Å². The Hall–Kier alpha value is -0.800. The molecule has 1 fully saturated rings. The fraction of sp³-hybridized carbons (Fsp3) is 0.533. The van der Waals surface area contributed by atoms with Crippen molar-refractivity contribution in [2.24, 2.45) is 5.92 Å². The first-order valence-electron chi connectivity index (χ1n) is 6.82. The lowest BCUT2D eigenvalue weighted by molar-refractivity contribution is 0.0964. The van der Waals surface area contributed by atoms with Gasteiger partial charge < -0.3 is 5.32 Å². The van der Waals surface area contributed by atoms with E-state index in [1.165, 1.54) is 22.6 Å². The predicted octanol–water partition coefficient (Wildman–Crippen LogP) is 2.91. The van der Waals surface area contributed by atoms with Gasteiger partial charge in [0.25, 0.3) is 0 Å². The van der Waals surface area contributed by atoms with Gasteiger partial charge in [0, 0.05) is 16.9 Å². The number of hydrogen-bond donors (Lipinski definition) is 1. The van der Waals surface area contributed by atoms with Crippen LogP contribution in [-0.2, 0) is 6.42 Å². The molecular formula is C15H19NOS. The number of benzene rings is 1. The van der Waals surface area contributed by atoms with Crippen LogP contribution in [0.1, 0.15) is 35.2 Å². The van der Waals surface area contributed by atoms with Gasteiger partial charge in [-0.1, -0.05) is 6.07 Å². The monoisotopic (exact) mass is 261 g/mol. The Morgan fingerprint density at radius 3 is 3.22 bits per heavy atom. The standard InChI is InChI=1S/C15H19NOS/c17-14(8-11-5-6-16-10-11)12-3-4-15-13(9-12)2-1-7-18-15/h3-4,9,11,16H,1-2,5-8,10H2. The SMILES string of the molecule is O=C(CC1CCNC1)c1ccc2c(c1)CCCS2. The second-order valence-electron chi connectivity index (χ2n) is 5.26. The van der Waals surface area contributed by atoms with Crippen molar-refractivity contribution in [1.82, 2.24) is 5.32 Å². The largest absolute Gasteiger partial charge is 0.316 e. The molecule has 2 nitrogen and oxygen atoms in total. The third kappa shape index (κ3) is 2.62. The number of nitrogens with one attached hydrogen (secondary N) is 1.